The molecule has 5 nitrogen and oxygen atoms in total. The van der Waals surface area contributed by atoms with Gasteiger partial charge in [0.1, 0.15) is 22.3 Å². The van der Waals surface area contributed by atoms with E-state index in [-0.39, 0.29) is 11.7 Å². The number of aromatic nitrogens is 3. The highest BCUT2D eigenvalue weighted by Gasteiger charge is 2.16. The minimum atomic E-state index is -0.327. The van der Waals surface area contributed by atoms with Crippen LogP contribution in [-0.2, 0) is 0 Å². The highest BCUT2D eigenvalue weighted by atomic mass is 32.1. The van der Waals surface area contributed by atoms with Gasteiger partial charge in [-0.15, -0.1) is 11.3 Å². The van der Waals surface area contributed by atoms with Gasteiger partial charge in [-0.25, -0.2) is 14.1 Å². The summed E-state index contributed by atoms with van der Waals surface area (Å²) in [6.07, 6.45) is 0. The third kappa shape index (κ3) is 3.29. The molecule has 8 heteroatoms. The summed E-state index contributed by atoms with van der Waals surface area (Å²) in [4.78, 5) is 17.0. The molecule has 0 aliphatic heterocycles. The van der Waals surface area contributed by atoms with E-state index < -0.39 is 0 Å². The first kappa shape index (κ1) is 16.6. The van der Waals surface area contributed by atoms with E-state index in [4.69, 9.17) is 0 Å². The standard InChI is InChI=1S/C18H13FN4OS2/c1-11-8-16(23(22-11)14-4-2-13(19)3-5-14)21-17(24)15-10-26-18(20-15)12-6-7-25-9-12/h2-10H,1H3,(H,21,24). The fourth-order valence-electron chi connectivity index (χ4n) is 2.44. The van der Waals surface area contributed by atoms with E-state index in [0.29, 0.717) is 17.2 Å². The number of hydrogen-bond acceptors (Lipinski definition) is 5. The predicted molar refractivity (Wildman–Crippen MR) is 102 cm³/mol. The van der Waals surface area contributed by atoms with E-state index in [1.807, 2.05) is 23.8 Å². The number of anilines is 1. The van der Waals surface area contributed by atoms with Gasteiger partial charge >= 0.3 is 0 Å². The summed E-state index contributed by atoms with van der Waals surface area (Å²) in [5, 5.41) is 13.7. The molecule has 0 atom stereocenters. The van der Waals surface area contributed by atoms with Gasteiger partial charge in [0.2, 0.25) is 0 Å². The number of carbonyl (C=O) groups is 1. The zero-order valence-electron chi connectivity index (χ0n) is 13.6. The molecule has 0 spiro atoms. The van der Waals surface area contributed by atoms with Crippen LogP contribution in [0.3, 0.4) is 0 Å². The summed E-state index contributed by atoms with van der Waals surface area (Å²) in [6, 6.07) is 9.65. The fraction of sp³-hybridized carbons (Fsp3) is 0.0556. The summed E-state index contributed by atoms with van der Waals surface area (Å²) in [5.41, 5.74) is 2.75. The highest BCUT2D eigenvalue weighted by molar-refractivity contribution is 7.14. The molecule has 3 heterocycles. The molecule has 0 aliphatic carbocycles. The Morgan fingerprint density at radius 3 is 2.73 bits per heavy atom. The second-order valence-corrected chi connectivity index (χ2v) is 7.20. The maximum Gasteiger partial charge on any atom is 0.276 e. The van der Waals surface area contributed by atoms with Gasteiger partial charge < -0.3 is 5.32 Å². The number of carbonyl (C=O) groups excluding carboxylic acids is 1. The number of rotatable bonds is 4. The minimum Gasteiger partial charge on any atom is -0.305 e. The molecule has 0 saturated carbocycles. The monoisotopic (exact) mass is 384 g/mol. The van der Waals surface area contributed by atoms with Crippen LogP contribution in [0.2, 0.25) is 0 Å². The van der Waals surface area contributed by atoms with E-state index in [2.05, 4.69) is 15.4 Å². The first-order valence-electron chi connectivity index (χ1n) is 7.72. The topological polar surface area (TPSA) is 59.8 Å². The molecular weight excluding hydrogens is 371 g/mol. The van der Waals surface area contributed by atoms with Crippen molar-refractivity contribution >= 4 is 34.4 Å². The van der Waals surface area contributed by atoms with Crippen molar-refractivity contribution in [1.29, 1.82) is 0 Å². The average molecular weight is 384 g/mol. The lowest BCUT2D eigenvalue weighted by atomic mass is 10.3. The predicted octanol–water partition coefficient (Wildman–Crippen LogP) is 4.76. The molecule has 130 valence electrons. The van der Waals surface area contributed by atoms with Gasteiger partial charge in [0.15, 0.2) is 0 Å². The first-order chi connectivity index (χ1) is 12.6. The van der Waals surface area contributed by atoms with Crippen molar-refractivity contribution in [2.45, 2.75) is 6.92 Å². The van der Waals surface area contributed by atoms with Gasteiger partial charge in [-0.2, -0.15) is 16.4 Å². The van der Waals surface area contributed by atoms with Crippen LogP contribution < -0.4 is 5.32 Å². The normalized spacial score (nSPS) is 10.8. The van der Waals surface area contributed by atoms with E-state index >= 15 is 0 Å². The summed E-state index contributed by atoms with van der Waals surface area (Å²) in [5.74, 6) is -0.137. The Hall–Kier alpha value is -2.84. The largest absolute Gasteiger partial charge is 0.305 e. The quantitative estimate of drug-likeness (QED) is 0.552. The zero-order valence-corrected chi connectivity index (χ0v) is 15.3. The number of thiophene rings is 1. The van der Waals surface area contributed by atoms with Crippen LogP contribution in [-0.4, -0.2) is 20.7 Å². The lowest BCUT2D eigenvalue weighted by Crippen LogP contribution is -2.15. The molecule has 1 amide bonds. The number of nitrogens with zero attached hydrogens (tertiary/aromatic N) is 3. The summed E-state index contributed by atoms with van der Waals surface area (Å²) >= 11 is 3.01. The fourth-order valence-corrected chi connectivity index (χ4v) is 3.96. The number of amides is 1. The second-order valence-electron chi connectivity index (χ2n) is 5.56. The summed E-state index contributed by atoms with van der Waals surface area (Å²) < 4.78 is 14.7. The van der Waals surface area contributed by atoms with Gasteiger partial charge in [-0.3, -0.25) is 4.79 Å². The van der Waals surface area contributed by atoms with Gasteiger partial charge in [0.05, 0.1) is 11.4 Å². The Labute approximate surface area is 156 Å². The lowest BCUT2D eigenvalue weighted by molar-refractivity contribution is 0.102. The van der Waals surface area contributed by atoms with Gasteiger partial charge in [-0.05, 0) is 42.6 Å². The molecule has 4 aromatic rings. The van der Waals surface area contributed by atoms with Crippen molar-refractivity contribution in [1.82, 2.24) is 14.8 Å². The van der Waals surface area contributed by atoms with Crippen LogP contribution in [0.4, 0.5) is 10.2 Å². The minimum absolute atomic E-state index is 0.314. The lowest BCUT2D eigenvalue weighted by Gasteiger charge is -2.08. The molecule has 0 fully saturated rings. The van der Waals surface area contributed by atoms with Crippen molar-refractivity contribution < 1.29 is 9.18 Å². The van der Waals surface area contributed by atoms with Gasteiger partial charge in [0, 0.05) is 22.4 Å². The third-order valence-corrected chi connectivity index (χ3v) is 5.22. The van der Waals surface area contributed by atoms with E-state index in [9.17, 15) is 9.18 Å². The number of thiazole rings is 1. The number of benzene rings is 1. The first-order valence-corrected chi connectivity index (χ1v) is 9.54. The molecule has 26 heavy (non-hydrogen) atoms. The van der Waals surface area contributed by atoms with E-state index in [1.54, 1.807) is 39.6 Å². The average Bonchev–Trinajstić information content (AvgIpc) is 3.35. The van der Waals surface area contributed by atoms with Crippen molar-refractivity contribution in [2.75, 3.05) is 5.32 Å². The third-order valence-electron chi connectivity index (χ3n) is 3.65. The molecule has 0 bridgehead atoms. The molecule has 0 saturated heterocycles. The number of halogens is 1. The Morgan fingerprint density at radius 1 is 1.19 bits per heavy atom. The second kappa shape index (κ2) is 6.81. The van der Waals surface area contributed by atoms with E-state index in [1.165, 1.54) is 23.5 Å². The Kier molecular flexibility index (Phi) is 4.36. The smallest absolute Gasteiger partial charge is 0.276 e. The van der Waals surface area contributed by atoms with Crippen molar-refractivity contribution in [3.05, 3.63) is 69.7 Å². The number of aryl methyl sites for hydroxylation is 1. The van der Waals surface area contributed by atoms with E-state index in [0.717, 1.165) is 16.3 Å². The van der Waals surface area contributed by atoms with Crippen LogP contribution in [0.1, 0.15) is 16.2 Å². The molecular formula is C18H13FN4OS2. The molecule has 0 aliphatic rings. The van der Waals surface area contributed by atoms with Crippen LogP contribution >= 0.6 is 22.7 Å². The van der Waals surface area contributed by atoms with Crippen LogP contribution in [0.5, 0.6) is 0 Å². The SMILES string of the molecule is Cc1cc(NC(=O)c2csc(-c3ccsc3)n2)n(-c2ccc(F)cc2)n1. The van der Waals surface area contributed by atoms with Crippen LogP contribution in [0, 0.1) is 12.7 Å². The zero-order chi connectivity index (χ0) is 18.1. The maximum absolute atomic E-state index is 13.2. The van der Waals surface area contributed by atoms with Crippen LogP contribution in [0.25, 0.3) is 16.3 Å². The molecule has 0 unspecified atom stereocenters. The Morgan fingerprint density at radius 2 is 2.00 bits per heavy atom. The van der Waals surface area contributed by atoms with Crippen LogP contribution in [0.15, 0.2) is 52.5 Å². The highest BCUT2D eigenvalue weighted by Crippen LogP contribution is 2.26. The molecule has 4 rings (SSSR count). The van der Waals surface area contributed by atoms with Crippen molar-refractivity contribution in [3.8, 4) is 16.3 Å². The Balaban J connectivity index is 1.59. The van der Waals surface area contributed by atoms with Crippen molar-refractivity contribution in [3.63, 3.8) is 0 Å². The molecule has 1 aromatic carbocycles. The summed E-state index contributed by atoms with van der Waals surface area (Å²) in [6.45, 7) is 1.83. The van der Waals surface area contributed by atoms with Gasteiger partial charge in [-0.1, -0.05) is 0 Å². The summed E-state index contributed by atoms with van der Waals surface area (Å²) in [7, 11) is 0. The Bertz CT molecular complexity index is 1050. The van der Waals surface area contributed by atoms with Gasteiger partial charge in [0.25, 0.3) is 5.91 Å². The maximum atomic E-state index is 13.2. The molecule has 3 aromatic heterocycles. The van der Waals surface area contributed by atoms with Crippen molar-refractivity contribution in [2.24, 2.45) is 0 Å². The molecule has 1 N–H and O–H groups in total. The number of hydrogen-bond donors (Lipinski definition) is 1. The number of nitrogens with one attached hydrogen (secondary N) is 1. The molecule has 0 radical (unpaired) electrons.